The number of anilines is 1. The molecule has 156 valence electrons. The highest BCUT2D eigenvalue weighted by atomic mass is 35.5. The number of carbonyl (C=O) groups is 1. The number of benzene rings is 2. The lowest BCUT2D eigenvalue weighted by atomic mass is 10.2. The molecular formula is C22H18ClN5O3. The van der Waals surface area contributed by atoms with E-state index in [1.807, 2.05) is 17.7 Å². The van der Waals surface area contributed by atoms with Gasteiger partial charge in [0.15, 0.2) is 5.82 Å². The number of nitrogens with zero attached hydrogens (tertiary/aromatic N) is 4. The van der Waals surface area contributed by atoms with Crippen molar-refractivity contribution >= 4 is 23.2 Å². The van der Waals surface area contributed by atoms with Gasteiger partial charge in [-0.2, -0.15) is 0 Å². The predicted molar refractivity (Wildman–Crippen MR) is 116 cm³/mol. The first-order valence-corrected chi connectivity index (χ1v) is 9.68. The lowest BCUT2D eigenvalue weighted by Gasteiger charge is -2.10. The summed E-state index contributed by atoms with van der Waals surface area (Å²) in [5, 5.41) is 11.5. The molecule has 2 aromatic heterocycles. The molecule has 1 amide bonds. The lowest BCUT2D eigenvalue weighted by molar-refractivity contribution is 0.102. The minimum Gasteiger partial charge on any atom is -0.496 e. The van der Waals surface area contributed by atoms with E-state index in [4.69, 9.17) is 21.1 Å². The summed E-state index contributed by atoms with van der Waals surface area (Å²) in [6, 6.07) is 15.3. The Hall–Kier alpha value is -3.91. The fourth-order valence-corrected chi connectivity index (χ4v) is 3.07. The number of hydrogen-bond acceptors (Lipinski definition) is 6. The SMILES string of the molecule is COc1ccc(Cl)cc1C(=O)Nc1ccc(Oc2ccc(-n3ccnc3C)nn2)cc1. The van der Waals surface area contributed by atoms with Crippen LogP contribution < -0.4 is 14.8 Å². The smallest absolute Gasteiger partial charge is 0.259 e. The van der Waals surface area contributed by atoms with E-state index >= 15 is 0 Å². The van der Waals surface area contributed by atoms with E-state index in [1.54, 1.807) is 60.8 Å². The molecule has 0 spiro atoms. The lowest BCUT2D eigenvalue weighted by Crippen LogP contribution is -2.13. The molecule has 0 atom stereocenters. The minimum atomic E-state index is -0.329. The van der Waals surface area contributed by atoms with E-state index in [-0.39, 0.29) is 5.91 Å². The van der Waals surface area contributed by atoms with Crippen LogP contribution in [0.5, 0.6) is 17.4 Å². The molecule has 31 heavy (non-hydrogen) atoms. The molecule has 0 fully saturated rings. The molecule has 8 nitrogen and oxygen atoms in total. The Balaban J connectivity index is 1.42. The summed E-state index contributed by atoms with van der Waals surface area (Å²) in [7, 11) is 1.50. The molecule has 9 heteroatoms. The summed E-state index contributed by atoms with van der Waals surface area (Å²) >= 11 is 6.00. The van der Waals surface area contributed by atoms with Crippen LogP contribution in [0.4, 0.5) is 5.69 Å². The highest BCUT2D eigenvalue weighted by Gasteiger charge is 2.13. The highest BCUT2D eigenvalue weighted by Crippen LogP contribution is 2.25. The fraction of sp³-hybridized carbons (Fsp3) is 0.0909. The van der Waals surface area contributed by atoms with Crippen LogP contribution in [0.3, 0.4) is 0 Å². The Labute approximate surface area is 183 Å². The Bertz CT molecular complexity index is 1210. The summed E-state index contributed by atoms with van der Waals surface area (Å²) in [5.41, 5.74) is 0.940. The normalized spacial score (nSPS) is 10.5. The van der Waals surface area contributed by atoms with E-state index in [9.17, 15) is 4.79 Å². The first-order chi connectivity index (χ1) is 15.0. The number of amides is 1. The van der Waals surface area contributed by atoms with Gasteiger partial charge in [-0.3, -0.25) is 9.36 Å². The molecule has 0 aliphatic rings. The van der Waals surface area contributed by atoms with Crippen LogP contribution in [0.1, 0.15) is 16.2 Å². The maximum atomic E-state index is 12.6. The van der Waals surface area contributed by atoms with Crippen molar-refractivity contribution in [1.29, 1.82) is 0 Å². The van der Waals surface area contributed by atoms with Crippen molar-refractivity contribution < 1.29 is 14.3 Å². The second kappa shape index (κ2) is 8.85. The topological polar surface area (TPSA) is 91.2 Å². The first-order valence-electron chi connectivity index (χ1n) is 9.30. The predicted octanol–water partition coefficient (Wildman–Crippen LogP) is 4.68. The summed E-state index contributed by atoms with van der Waals surface area (Å²) in [6.45, 7) is 1.88. The number of rotatable bonds is 6. The number of aromatic nitrogens is 4. The van der Waals surface area contributed by atoms with Crippen LogP contribution in [0.15, 0.2) is 67.0 Å². The van der Waals surface area contributed by atoms with Gasteiger partial charge in [0.05, 0.1) is 12.7 Å². The summed E-state index contributed by atoms with van der Waals surface area (Å²) in [4.78, 5) is 16.7. The molecule has 2 heterocycles. The van der Waals surface area contributed by atoms with Crippen molar-refractivity contribution in [1.82, 2.24) is 19.7 Å². The average molecular weight is 436 g/mol. The molecular weight excluding hydrogens is 418 g/mol. The first kappa shape index (κ1) is 20.4. The van der Waals surface area contributed by atoms with E-state index in [0.717, 1.165) is 5.82 Å². The van der Waals surface area contributed by atoms with Crippen molar-refractivity contribution in [3.05, 3.63) is 83.4 Å². The molecule has 0 saturated heterocycles. The number of aryl methyl sites for hydroxylation is 1. The number of imidazole rings is 1. The zero-order valence-electron chi connectivity index (χ0n) is 16.7. The van der Waals surface area contributed by atoms with Gasteiger partial charge >= 0.3 is 0 Å². The van der Waals surface area contributed by atoms with E-state index in [1.165, 1.54) is 7.11 Å². The maximum Gasteiger partial charge on any atom is 0.259 e. The number of hydrogen-bond donors (Lipinski definition) is 1. The third kappa shape index (κ3) is 4.65. The van der Waals surface area contributed by atoms with Crippen LogP contribution >= 0.6 is 11.6 Å². The standard InChI is InChI=1S/C22H18ClN5O3/c1-14-24-11-12-28(14)20-9-10-21(27-26-20)31-17-6-4-16(5-7-17)25-22(29)18-13-15(23)3-8-19(18)30-2/h3-13H,1-2H3,(H,25,29). The van der Waals surface area contributed by atoms with Gasteiger partial charge in [0.2, 0.25) is 5.88 Å². The van der Waals surface area contributed by atoms with E-state index in [2.05, 4.69) is 20.5 Å². The Morgan fingerprint density at radius 2 is 1.87 bits per heavy atom. The zero-order valence-corrected chi connectivity index (χ0v) is 17.5. The second-order valence-corrected chi connectivity index (χ2v) is 6.94. The number of carbonyl (C=O) groups excluding carboxylic acids is 1. The van der Waals surface area contributed by atoms with Crippen LogP contribution in [0.2, 0.25) is 5.02 Å². The fourth-order valence-electron chi connectivity index (χ4n) is 2.90. The molecule has 4 aromatic rings. The molecule has 0 radical (unpaired) electrons. The molecule has 2 aromatic carbocycles. The van der Waals surface area contributed by atoms with Crippen LogP contribution in [-0.2, 0) is 0 Å². The largest absolute Gasteiger partial charge is 0.496 e. The van der Waals surface area contributed by atoms with Crippen molar-refractivity contribution in [3.8, 4) is 23.2 Å². The molecule has 0 aliphatic heterocycles. The average Bonchev–Trinajstić information content (AvgIpc) is 3.21. The Kier molecular flexibility index (Phi) is 5.81. The molecule has 0 saturated carbocycles. The monoisotopic (exact) mass is 435 g/mol. The molecule has 1 N–H and O–H groups in total. The summed E-state index contributed by atoms with van der Waals surface area (Å²) in [6.07, 6.45) is 3.51. The minimum absolute atomic E-state index is 0.329. The van der Waals surface area contributed by atoms with E-state index in [0.29, 0.717) is 39.5 Å². The van der Waals surface area contributed by atoms with Gasteiger partial charge in [-0.15, -0.1) is 10.2 Å². The van der Waals surface area contributed by atoms with Gasteiger partial charge in [-0.1, -0.05) is 11.6 Å². The van der Waals surface area contributed by atoms with Gasteiger partial charge in [-0.05, 0) is 55.5 Å². The van der Waals surface area contributed by atoms with Gasteiger partial charge in [0, 0.05) is 29.2 Å². The summed E-state index contributed by atoms with van der Waals surface area (Å²) in [5.74, 6) is 2.48. The number of methoxy groups -OCH3 is 1. The van der Waals surface area contributed by atoms with Gasteiger partial charge in [0.25, 0.3) is 5.91 Å². The number of nitrogens with one attached hydrogen (secondary N) is 1. The number of halogens is 1. The second-order valence-electron chi connectivity index (χ2n) is 6.50. The zero-order chi connectivity index (χ0) is 21.8. The van der Waals surface area contributed by atoms with Gasteiger partial charge in [0.1, 0.15) is 17.3 Å². The van der Waals surface area contributed by atoms with Gasteiger partial charge in [-0.25, -0.2) is 4.98 Å². The molecule has 0 aliphatic carbocycles. The van der Waals surface area contributed by atoms with Crippen molar-refractivity contribution in [2.45, 2.75) is 6.92 Å². The maximum absolute atomic E-state index is 12.6. The highest BCUT2D eigenvalue weighted by molar-refractivity contribution is 6.31. The van der Waals surface area contributed by atoms with Crippen LogP contribution in [0, 0.1) is 6.92 Å². The van der Waals surface area contributed by atoms with Crippen LogP contribution in [-0.4, -0.2) is 32.8 Å². The summed E-state index contributed by atoms with van der Waals surface area (Å²) < 4.78 is 12.8. The quantitative estimate of drug-likeness (QED) is 0.473. The third-order valence-corrected chi connectivity index (χ3v) is 4.67. The van der Waals surface area contributed by atoms with Crippen molar-refractivity contribution in [2.75, 3.05) is 12.4 Å². The van der Waals surface area contributed by atoms with Gasteiger partial charge < -0.3 is 14.8 Å². The van der Waals surface area contributed by atoms with Crippen molar-refractivity contribution in [3.63, 3.8) is 0 Å². The van der Waals surface area contributed by atoms with Crippen LogP contribution in [0.25, 0.3) is 5.82 Å². The van der Waals surface area contributed by atoms with Crippen molar-refractivity contribution in [2.24, 2.45) is 0 Å². The Morgan fingerprint density at radius 3 is 2.52 bits per heavy atom. The molecule has 0 bridgehead atoms. The number of ether oxygens (including phenoxy) is 2. The third-order valence-electron chi connectivity index (χ3n) is 4.44. The molecule has 4 rings (SSSR count). The molecule has 0 unspecified atom stereocenters. The van der Waals surface area contributed by atoms with E-state index < -0.39 is 0 Å². The Morgan fingerprint density at radius 1 is 1.06 bits per heavy atom.